The van der Waals surface area contributed by atoms with E-state index in [0.29, 0.717) is 12.0 Å². The zero-order valence-electron chi connectivity index (χ0n) is 18.6. The third-order valence-corrected chi connectivity index (χ3v) is 7.20. The molecule has 0 aromatic heterocycles. The van der Waals surface area contributed by atoms with Crippen molar-refractivity contribution in [3.8, 4) is 11.5 Å². The molecule has 2 aromatic carbocycles. The lowest BCUT2D eigenvalue weighted by Gasteiger charge is -2.48. The van der Waals surface area contributed by atoms with Gasteiger partial charge in [0.25, 0.3) is 0 Å². The van der Waals surface area contributed by atoms with Crippen LogP contribution in [0.5, 0.6) is 11.5 Å². The van der Waals surface area contributed by atoms with Crippen molar-refractivity contribution >= 4 is 24.0 Å². The molecule has 2 N–H and O–H groups in total. The minimum absolute atomic E-state index is 0. The maximum atomic E-state index is 6.68. The Balaban J connectivity index is 0.00000272. The van der Waals surface area contributed by atoms with Crippen molar-refractivity contribution in [2.24, 2.45) is 11.7 Å². The Morgan fingerprint density at radius 2 is 1.68 bits per heavy atom. The maximum absolute atomic E-state index is 6.68. The molecule has 0 spiro atoms. The zero-order valence-corrected chi connectivity index (χ0v) is 20.2. The fourth-order valence-corrected chi connectivity index (χ4v) is 5.40. The van der Waals surface area contributed by atoms with Crippen LogP contribution in [0, 0.1) is 5.92 Å². The molecule has 6 heteroatoms. The molecular formula is C25H34Cl2N2O2. The molecule has 170 valence electrons. The molecule has 1 fully saturated rings. The first-order chi connectivity index (χ1) is 14.5. The van der Waals surface area contributed by atoms with Crippen LogP contribution < -0.4 is 15.2 Å². The van der Waals surface area contributed by atoms with E-state index in [2.05, 4.69) is 36.1 Å². The molecule has 0 unspecified atom stereocenters. The van der Waals surface area contributed by atoms with Gasteiger partial charge in [0.1, 0.15) is 0 Å². The molecule has 4 rings (SSSR count). The van der Waals surface area contributed by atoms with Crippen molar-refractivity contribution in [3.63, 3.8) is 0 Å². The van der Waals surface area contributed by atoms with Crippen LogP contribution in [0.25, 0.3) is 0 Å². The Morgan fingerprint density at radius 1 is 1.03 bits per heavy atom. The second-order valence-electron chi connectivity index (χ2n) is 8.71. The van der Waals surface area contributed by atoms with Crippen LogP contribution in [0.4, 0.5) is 0 Å². The van der Waals surface area contributed by atoms with Crippen LogP contribution in [0.3, 0.4) is 0 Å². The Labute approximate surface area is 197 Å². The maximum Gasteiger partial charge on any atom is 0.161 e. The molecule has 0 radical (unpaired) electrons. The number of ether oxygens (including phenoxy) is 2. The van der Waals surface area contributed by atoms with Gasteiger partial charge in [0.2, 0.25) is 0 Å². The fourth-order valence-electron chi connectivity index (χ4n) is 5.27. The van der Waals surface area contributed by atoms with Gasteiger partial charge in [0, 0.05) is 36.1 Å². The average molecular weight is 465 g/mol. The van der Waals surface area contributed by atoms with Crippen LogP contribution in [0.1, 0.15) is 61.3 Å². The van der Waals surface area contributed by atoms with Crippen molar-refractivity contribution in [3.05, 3.63) is 58.1 Å². The summed E-state index contributed by atoms with van der Waals surface area (Å²) in [6.45, 7) is 4.30. The van der Waals surface area contributed by atoms with Gasteiger partial charge >= 0.3 is 0 Å². The third-order valence-electron chi connectivity index (χ3n) is 6.95. The number of hydrogen-bond acceptors (Lipinski definition) is 4. The highest BCUT2D eigenvalue weighted by Gasteiger charge is 2.41. The predicted molar refractivity (Wildman–Crippen MR) is 130 cm³/mol. The highest BCUT2D eigenvalue weighted by atomic mass is 35.5. The first kappa shape index (κ1) is 24.2. The van der Waals surface area contributed by atoms with E-state index in [4.69, 9.17) is 26.8 Å². The number of halogens is 2. The monoisotopic (exact) mass is 464 g/mol. The van der Waals surface area contributed by atoms with Gasteiger partial charge in [-0.05, 0) is 59.7 Å². The number of hydrogen-bond donors (Lipinski definition) is 1. The summed E-state index contributed by atoms with van der Waals surface area (Å²) in [7, 11) is 3.40. The summed E-state index contributed by atoms with van der Waals surface area (Å²) < 4.78 is 11.3. The number of rotatable bonds is 6. The zero-order chi connectivity index (χ0) is 21.3. The minimum Gasteiger partial charge on any atom is -0.493 e. The molecule has 2 aliphatic heterocycles. The fraction of sp³-hybridized carbons (Fsp3) is 0.520. The van der Waals surface area contributed by atoms with Crippen LogP contribution in [0.2, 0.25) is 5.02 Å². The normalized spacial score (nSPS) is 25.2. The number of methoxy groups -OCH3 is 2. The lowest BCUT2D eigenvalue weighted by molar-refractivity contribution is 0.0728. The van der Waals surface area contributed by atoms with E-state index in [9.17, 15) is 0 Å². The standard InChI is InChI=1S/C25H33ClN2O2.ClH/c1-4-5-6-17-14-28-15-21(16-7-9-18(26)10-8-16)19-11-24(29-2)25(30-3)12-20(19)23(28)13-22(17)27;/h7-12,17,21-23H,4-6,13-15,27H2,1-3H3;1H/t17-,21+,22-,23-;/m1./s1. The molecule has 31 heavy (non-hydrogen) atoms. The van der Waals surface area contributed by atoms with Crippen LogP contribution in [-0.2, 0) is 0 Å². The molecular weight excluding hydrogens is 431 g/mol. The van der Waals surface area contributed by atoms with E-state index < -0.39 is 0 Å². The molecule has 4 atom stereocenters. The van der Waals surface area contributed by atoms with Gasteiger partial charge in [0.05, 0.1) is 14.2 Å². The van der Waals surface area contributed by atoms with Crippen molar-refractivity contribution in [1.82, 2.24) is 4.90 Å². The van der Waals surface area contributed by atoms with Crippen LogP contribution >= 0.6 is 24.0 Å². The summed E-state index contributed by atoms with van der Waals surface area (Å²) in [4.78, 5) is 2.65. The number of unbranched alkanes of at least 4 members (excludes halogenated alkanes) is 1. The summed E-state index contributed by atoms with van der Waals surface area (Å²) in [6, 6.07) is 13.2. The molecule has 0 saturated carbocycles. The van der Waals surface area contributed by atoms with E-state index >= 15 is 0 Å². The van der Waals surface area contributed by atoms with E-state index in [1.54, 1.807) is 14.2 Å². The average Bonchev–Trinajstić information content (AvgIpc) is 2.77. The van der Waals surface area contributed by atoms with Gasteiger partial charge in [-0.15, -0.1) is 12.4 Å². The van der Waals surface area contributed by atoms with Crippen molar-refractivity contribution < 1.29 is 9.47 Å². The lowest BCUT2D eigenvalue weighted by atomic mass is 9.75. The second-order valence-corrected chi connectivity index (χ2v) is 9.15. The number of nitrogens with two attached hydrogens (primary N) is 1. The largest absolute Gasteiger partial charge is 0.493 e. The number of piperidine rings is 1. The summed E-state index contributed by atoms with van der Waals surface area (Å²) >= 11 is 6.17. The molecule has 1 saturated heterocycles. The summed E-state index contributed by atoms with van der Waals surface area (Å²) in [5.41, 5.74) is 10.6. The van der Waals surface area contributed by atoms with Gasteiger partial charge in [0.15, 0.2) is 11.5 Å². The Bertz CT molecular complexity index is 875. The highest BCUT2D eigenvalue weighted by molar-refractivity contribution is 6.30. The Morgan fingerprint density at radius 3 is 2.29 bits per heavy atom. The molecule has 2 heterocycles. The minimum atomic E-state index is 0. The summed E-state index contributed by atoms with van der Waals surface area (Å²) in [5, 5.41) is 0.767. The molecule has 2 aliphatic rings. The first-order valence-electron chi connectivity index (χ1n) is 11.1. The Kier molecular flexibility index (Phi) is 8.14. The quantitative estimate of drug-likeness (QED) is 0.585. The molecule has 0 amide bonds. The SMILES string of the molecule is CCCC[C@@H]1CN2C[C@@H](c3ccc(Cl)cc3)c3cc(OC)c(OC)cc3[C@H]2C[C@H]1N.Cl. The molecule has 2 aromatic rings. The van der Waals surface area contributed by atoms with Crippen molar-refractivity contribution in [1.29, 1.82) is 0 Å². The molecule has 0 bridgehead atoms. The third kappa shape index (κ3) is 4.83. The summed E-state index contributed by atoms with van der Waals surface area (Å²) in [6.07, 6.45) is 4.68. The second kappa shape index (κ2) is 10.4. The topological polar surface area (TPSA) is 47.7 Å². The molecule has 4 nitrogen and oxygen atoms in total. The predicted octanol–water partition coefficient (Wildman–Crippen LogP) is 5.81. The van der Waals surface area contributed by atoms with E-state index in [-0.39, 0.29) is 24.4 Å². The summed E-state index contributed by atoms with van der Waals surface area (Å²) in [5.74, 6) is 2.41. The van der Waals surface area contributed by atoms with Gasteiger partial charge in [-0.3, -0.25) is 4.90 Å². The van der Waals surface area contributed by atoms with Crippen LogP contribution in [-0.4, -0.2) is 38.3 Å². The number of benzene rings is 2. The van der Waals surface area contributed by atoms with Crippen molar-refractivity contribution in [2.75, 3.05) is 27.3 Å². The van der Waals surface area contributed by atoms with Crippen LogP contribution in [0.15, 0.2) is 36.4 Å². The smallest absolute Gasteiger partial charge is 0.161 e. The van der Waals surface area contributed by atoms with E-state index in [1.807, 2.05) is 12.1 Å². The van der Waals surface area contributed by atoms with Gasteiger partial charge in [-0.2, -0.15) is 0 Å². The number of nitrogens with zero attached hydrogens (tertiary/aromatic N) is 1. The van der Waals surface area contributed by atoms with Gasteiger partial charge < -0.3 is 15.2 Å². The number of fused-ring (bicyclic) bond motifs is 3. The van der Waals surface area contributed by atoms with Crippen molar-refractivity contribution in [2.45, 2.75) is 50.6 Å². The van der Waals surface area contributed by atoms with Gasteiger partial charge in [-0.1, -0.05) is 43.5 Å². The molecule has 0 aliphatic carbocycles. The Hall–Kier alpha value is -1.46. The van der Waals surface area contributed by atoms with E-state index in [0.717, 1.165) is 36.0 Å². The lowest BCUT2D eigenvalue weighted by Crippen LogP contribution is -2.51. The van der Waals surface area contributed by atoms with E-state index in [1.165, 1.54) is 36.0 Å². The highest BCUT2D eigenvalue weighted by Crippen LogP contribution is 2.48. The first-order valence-corrected chi connectivity index (χ1v) is 11.4. The van der Waals surface area contributed by atoms with Gasteiger partial charge in [-0.25, -0.2) is 0 Å².